The topological polar surface area (TPSA) is 164 Å². The number of nitrogens with two attached hydrogens (primary N) is 2. The lowest BCUT2D eigenvalue weighted by molar-refractivity contribution is 0.580. The van der Waals surface area contributed by atoms with E-state index in [0.29, 0.717) is 0 Å². The maximum atomic E-state index is 11.6. The molecule has 0 spiro atoms. The van der Waals surface area contributed by atoms with Crippen LogP contribution in [-0.4, -0.2) is 37.0 Å². The maximum Gasteiger partial charge on any atom is 0.241 e. The third-order valence-electron chi connectivity index (χ3n) is 2.11. The molecule has 0 unspecified atom stereocenters. The van der Waals surface area contributed by atoms with Crippen molar-refractivity contribution in [2.24, 2.45) is 10.3 Å². The van der Waals surface area contributed by atoms with Crippen LogP contribution >= 0.6 is 0 Å². The molecule has 0 bridgehead atoms. The third kappa shape index (κ3) is 2.60. The summed E-state index contributed by atoms with van der Waals surface area (Å²) in [7, 11) is -8.64. The Labute approximate surface area is 108 Å². The van der Waals surface area contributed by atoms with Crippen molar-refractivity contribution >= 4 is 20.0 Å². The Kier molecular flexibility index (Phi) is 3.09. The summed E-state index contributed by atoms with van der Waals surface area (Å²) in [5, 5.41) is 20.5. The summed E-state index contributed by atoms with van der Waals surface area (Å²) in [6.07, 6.45) is 1.05. The van der Waals surface area contributed by atoms with E-state index in [9.17, 15) is 16.8 Å². The van der Waals surface area contributed by atoms with E-state index in [0.717, 1.165) is 17.2 Å². The molecule has 0 aliphatic rings. The Morgan fingerprint density at radius 1 is 1.05 bits per heavy atom. The molecule has 1 heterocycles. The van der Waals surface area contributed by atoms with E-state index in [1.807, 2.05) is 0 Å². The summed E-state index contributed by atoms with van der Waals surface area (Å²) in [4.78, 5) is -0.491. The van der Waals surface area contributed by atoms with E-state index < -0.39 is 29.8 Å². The highest BCUT2D eigenvalue weighted by Gasteiger charge is 2.26. The van der Waals surface area contributed by atoms with Crippen LogP contribution < -0.4 is 10.3 Å². The van der Waals surface area contributed by atoms with Gasteiger partial charge in [0.15, 0.2) is 6.33 Å². The van der Waals surface area contributed by atoms with Crippen molar-refractivity contribution in [1.82, 2.24) is 20.2 Å². The third-order valence-corrected chi connectivity index (χ3v) is 4.19. The van der Waals surface area contributed by atoms with Crippen LogP contribution in [-0.2, 0) is 20.0 Å². The number of rotatable bonds is 3. The number of hydrogen-bond donors (Lipinski definition) is 2. The summed E-state index contributed by atoms with van der Waals surface area (Å²) in [6.45, 7) is 0. The minimum absolute atomic E-state index is 0.161. The van der Waals surface area contributed by atoms with Crippen molar-refractivity contribution in [3.8, 4) is 5.69 Å². The van der Waals surface area contributed by atoms with Crippen molar-refractivity contribution in [3.05, 3.63) is 24.5 Å². The number of aromatic nitrogens is 4. The van der Waals surface area contributed by atoms with Crippen LogP contribution in [0, 0.1) is 0 Å². The normalized spacial score (nSPS) is 12.5. The molecule has 2 aromatic rings. The molecule has 102 valence electrons. The second-order valence-electron chi connectivity index (χ2n) is 3.42. The second kappa shape index (κ2) is 4.34. The van der Waals surface area contributed by atoms with E-state index in [1.54, 1.807) is 0 Å². The standard InChI is InChI=1S/C7H8N6O4S2/c8-18(14,15)6-3-1-2-5(7(6)19(9,16)17)13-11-4-10-12-13/h1-4H,(H2,8,14,15)(H2,9,16,17). The fourth-order valence-electron chi connectivity index (χ4n) is 1.45. The Bertz CT molecular complexity index is 811. The van der Waals surface area contributed by atoms with Gasteiger partial charge >= 0.3 is 0 Å². The largest absolute Gasteiger partial charge is 0.241 e. The average Bonchev–Trinajstić information content (AvgIpc) is 2.79. The average molecular weight is 304 g/mol. The number of nitrogens with zero attached hydrogens (tertiary/aromatic N) is 4. The number of benzene rings is 1. The van der Waals surface area contributed by atoms with Gasteiger partial charge in [0.1, 0.15) is 15.5 Å². The van der Waals surface area contributed by atoms with Crippen molar-refractivity contribution in [1.29, 1.82) is 0 Å². The number of tetrazole rings is 1. The molecule has 4 N–H and O–H groups in total. The molecule has 0 amide bonds. The fourth-order valence-corrected chi connectivity index (χ4v) is 3.57. The van der Waals surface area contributed by atoms with Crippen LogP contribution in [0.2, 0.25) is 0 Å². The minimum atomic E-state index is -4.36. The van der Waals surface area contributed by atoms with E-state index in [4.69, 9.17) is 10.3 Å². The first-order chi connectivity index (χ1) is 8.71. The maximum absolute atomic E-state index is 11.6. The van der Waals surface area contributed by atoms with Gasteiger partial charge in [0.05, 0.1) is 0 Å². The first-order valence-electron chi connectivity index (χ1n) is 4.63. The highest BCUT2D eigenvalue weighted by atomic mass is 32.2. The number of sulfonamides is 2. The van der Waals surface area contributed by atoms with Crippen molar-refractivity contribution in [2.45, 2.75) is 9.79 Å². The van der Waals surface area contributed by atoms with Crippen molar-refractivity contribution in [2.75, 3.05) is 0 Å². The zero-order valence-corrected chi connectivity index (χ0v) is 10.8. The Hall–Kier alpha value is -1.89. The Morgan fingerprint density at radius 2 is 1.74 bits per heavy atom. The van der Waals surface area contributed by atoms with Gasteiger partial charge in [-0.1, -0.05) is 6.07 Å². The smallest absolute Gasteiger partial charge is 0.225 e. The molecule has 10 nitrogen and oxygen atoms in total. The van der Waals surface area contributed by atoms with Crippen LogP contribution in [0.15, 0.2) is 34.3 Å². The molecule has 0 saturated heterocycles. The molecule has 2 rings (SSSR count). The van der Waals surface area contributed by atoms with E-state index in [-0.39, 0.29) is 5.69 Å². The van der Waals surface area contributed by atoms with Crippen LogP contribution in [0.25, 0.3) is 5.69 Å². The van der Waals surface area contributed by atoms with Crippen molar-refractivity contribution < 1.29 is 16.8 Å². The van der Waals surface area contributed by atoms with E-state index >= 15 is 0 Å². The Morgan fingerprint density at radius 3 is 2.21 bits per heavy atom. The first kappa shape index (κ1) is 13.5. The fraction of sp³-hybridized carbons (Fsp3) is 0. The van der Waals surface area contributed by atoms with Gasteiger partial charge in [-0.3, -0.25) is 0 Å². The molecule has 0 radical (unpaired) electrons. The van der Waals surface area contributed by atoms with Crippen LogP contribution in [0.4, 0.5) is 0 Å². The molecule has 1 aromatic carbocycles. The molecular formula is C7H8N6O4S2. The summed E-state index contributed by atoms with van der Waals surface area (Å²) in [5.41, 5.74) is -0.161. The van der Waals surface area contributed by atoms with Crippen molar-refractivity contribution in [3.63, 3.8) is 0 Å². The highest BCUT2D eigenvalue weighted by Crippen LogP contribution is 2.24. The van der Waals surface area contributed by atoms with Gasteiger partial charge in [0.2, 0.25) is 20.0 Å². The zero-order valence-electron chi connectivity index (χ0n) is 9.20. The van der Waals surface area contributed by atoms with Crippen LogP contribution in [0.1, 0.15) is 0 Å². The predicted molar refractivity (Wildman–Crippen MR) is 61.9 cm³/mol. The van der Waals surface area contributed by atoms with E-state index in [1.165, 1.54) is 12.1 Å². The molecule has 0 aliphatic carbocycles. The van der Waals surface area contributed by atoms with Gasteiger partial charge in [-0.2, -0.15) is 0 Å². The second-order valence-corrected chi connectivity index (χ2v) is 6.45. The number of primary sulfonamides is 2. The lowest BCUT2D eigenvalue weighted by Gasteiger charge is -2.10. The summed E-state index contributed by atoms with van der Waals surface area (Å²) >= 11 is 0. The zero-order chi connectivity index (χ0) is 14.3. The van der Waals surface area contributed by atoms with Gasteiger partial charge in [0.25, 0.3) is 0 Å². The van der Waals surface area contributed by atoms with Gasteiger partial charge < -0.3 is 0 Å². The van der Waals surface area contributed by atoms with Gasteiger partial charge in [-0.25, -0.2) is 27.1 Å². The van der Waals surface area contributed by atoms with E-state index in [2.05, 4.69) is 15.4 Å². The first-order valence-corrected chi connectivity index (χ1v) is 7.72. The summed E-state index contributed by atoms with van der Waals surface area (Å²) in [6, 6.07) is 3.58. The molecule has 12 heteroatoms. The molecule has 0 saturated carbocycles. The van der Waals surface area contributed by atoms with Gasteiger partial charge in [0, 0.05) is 0 Å². The molecular weight excluding hydrogens is 296 g/mol. The lowest BCUT2D eigenvalue weighted by atomic mass is 10.3. The molecule has 19 heavy (non-hydrogen) atoms. The SMILES string of the molecule is NS(=O)(=O)c1cccc(-n2ncnn2)c1S(N)(=O)=O. The lowest BCUT2D eigenvalue weighted by Crippen LogP contribution is -2.23. The monoisotopic (exact) mass is 304 g/mol. The molecule has 0 atom stereocenters. The number of hydrogen-bond acceptors (Lipinski definition) is 7. The summed E-state index contributed by atoms with van der Waals surface area (Å²) in [5.74, 6) is 0. The quantitative estimate of drug-likeness (QED) is 0.659. The predicted octanol–water partition coefficient (Wildman–Crippen LogP) is -2.04. The summed E-state index contributed by atoms with van der Waals surface area (Å²) < 4.78 is 46.0. The highest BCUT2D eigenvalue weighted by molar-refractivity contribution is 7.92. The van der Waals surface area contributed by atoms with Gasteiger partial charge in [-0.15, -0.1) is 15.0 Å². The van der Waals surface area contributed by atoms with Crippen LogP contribution in [0.5, 0.6) is 0 Å². The molecule has 0 aliphatic heterocycles. The molecule has 1 aromatic heterocycles. The van der Waals surface area contributed by atoms with Crippen LogP contribution in [0.3, 0.4) is 0 Å². The van der Waals surface area contributed by atoms with Gasteiger partial charge in [-0.05, 0) is 17.3 Å². The molecule has 0 fully saturated rings. The Balaban J connectivity index is 2.92. The minimum Gasteiger partial charge on any atom is -0.225 e.